The zero-order valence-corrected chi connectivity index (χ0v) is 25.2. The summed E-state index contributed by atoms with van der Waals surface area (Å²) in [6, 6.07) is 18.9. The topological polar surface area (TPSA) is 122 Å². The van der Waals surface area contributed by atoms with E-state index >= 15 is 0 Å². The predicted molar refractivity (Wildman–Crippen MR) is 156 cm³/mol. The molecule has 3 aromatic rings. The molecule has 0 aromatic heterocycles. The van der Waals surface area contributed by atoms with Crippen LogP contribution in [0.2, 0.25) is 0 Å². The van der Waals surface area contributed by atoms with Crippen molar-refractivity contribution in [1.29, 1.82) is 0 Å². The smallest absolute Gasteiger partial charge is 0.264 e. The molecule has 1 amide bonds. The fourth-order valence-corrected chi connectivity index (χ4v) is 6.26. The van der Waals surface area contributed by atoms with Gasteiger partial charge in [-0.05, 0) is 86.0 Å². The minimum atomic E-state index is -4.06. The quantitative estimate of drug-likeness (QED) is 0.219. The van der Waals surface area contributed by atoms with Crippen LogP contribution in [0, 0.1) is 0 Å². The van der Waals surface area contributed by atoms with Crippen LogP contribution in [0.25, 0.3) is 0 Å². The second-order valence-electron chi connectivity index (χ2n) is 8.57. The molecule has 0 atom stereocenters. The summed E-state index contributed by atoms with van der Waals surface area (Å²) >= 11 is 1.50. The summed E-state index contributed by atoms with van der Waals surface area (Å²) in [7, 11) is -4.70. The van der Waals surface area contributed by atoms with Crippen LogP contribution in [0.5, 0.6) is 11.5 Å². The first-order valence-electron chi connectivity index (χ1n) is 12.3. The van der Waals surface area contributed by atoms with Gasteiger partial charge in [-0.3, -0.25) is 9.10 Å². The summed E-state index contributed by atoms with van der Waals surface area (Å²) in [4.78, 5) is 13.9. The molecule has 1 N–H and O–H groups in total. The summed E-state index contributed by atoms with van der Waals surface area (Å²) in [6.45, 7) is 2.07. The Morgan fingerprint density at radius 2 is 1.32 bits per heavy atom. The first-order chi connectivity index (χ1) is 19.0. The first kappa shape index (κ1) is 31.3. The zero-order valence-electron chi connectivity index (χ0n) is 22.7. The molecule has 216 valence electrons. The number of thioether (sulfide) groups is 1. The van der Waals surface area contributed by atoms with Crippen molar-refractivity contribution in [3.8, 4) is 11.5 Å². The second kappa shape index (κ2) is 13.9. The maximum Gasteiger partial charge on any atom is 0.264 e. The zero-order chi connectivity index (χ0) is 29.3. The molecule has 0 heterocycles. The number of sulfonamides is 2. The average molecular weight is 608 g/mol. The van der Waals surface area contributed by atoms with Crippen LogP contribution < -0.4 is 19.1 Å². The number of carbonyl (C=O) groups is 1. The van der Waals surface area contributed by atoms with Gasteiger partial charge in [0.25, 0.3) is 10.0 Å². The lowest BCUT2D eigenvalue weighted by atomic mass is 10.3. The van der Waals surface area contributed by atoms with E-state index in [-0.39, 0.29) is 22.9 Å². The number of anilines is 1. The maximum absolute atomic E-state index is 13.6. The van der Waals surface area contributed by atoms with Gasteiger partial charge in [-0.25, -0.2) is 21.1 Å². The van der Waals surface area contributed by atoms with E-state index < -0.39 is 32.5 Å². The summed E-state index contributed by atoms with van der Waals surface area (Å²) in [5, 5.41) is 2.68. The lowest BCUT2D eigenvalue weighted by Gasteiger charge is -2.24. The highest BCUT2D eigenvalue weighted by molar-refractivity contribution is 7.98. The number of nitrogens with one attached hydrogen (secondary N) is 1. The van der Waals surface area contributed by atoms with Gasteiger partial charge in [0.2, 0.25) is 15.9 Å². The molecule has 0 aliphatic rings. The molecule has 13 heteroatoms. The lowest BCUT2D eigenvalue weighted by molar-refractivity contribution is -0.119. The van der Waals surface area contributed by atoms with Crippen LogP contribution in [0.15, 0.2) is 87.5 Å². The first-order valence-corrected chi connectivity index (χ1v) is 16.4. The molecule has 0 aliphatic heterocycles. The number of rotatable bonds is 14. The number of amides is 1. The molecular weight excluding hydrogens is 575 g/mol. The van der Waals surface area contributed by atoms with Crippen LogP contribution in [-0.4, -0.2) is 73.7 Å². The Kier molecular flexibility index (Phi) is 10.9. The summed E-state index contributed by atoms with van der Waals surface area (Å²) in [5.41, 5.74) is 0.316. The number of benzene rings is 3. The van der Waals surface area contributed by atoms with Crippen LogP contribution in [0.3, 0.4) is 0 Å². The number of nitrogens with zero attached hydrogens (tertiary/aromatic N) is 2. The Morgan fingerprint density at radius 1 is 0.800 bits per heavy atom. The number of ether oxygens (including phenoxy) is 2. The van der Waals surface area contributed by atoms with E-state index in [4.69, 9.17) is 9.47 Å². The molecule has 3 aromatic carbocycles. The van der Waals surface area contributed by atoms with Crippen molar-refractivity contribution in [1.82, 2.24) is 9.62 Å². The van der Waals surface area contributed by atoms with E-state index in [9.17, 15) is 21.6 Å². The molecule has 10 nitrogen and oxygen atoms in total. The van der Waals surface area contributed by atoms with Gasteiger partial charge in [0.15, 0.2) is 0 Å². The minimum absolute atomic E-state index is 0.0649. The van der Waals surface area contributed by atoms with Gasteiger partial charge in [-0.2, -0.15) is 0 Å². The van der Waals surface area contributed by atoms with Crippen LogP contribution in [0.1, 0.15) is 6.92 Å². The Morgan fingerprint density at radius 3 is 1.88 bits per heavy atom. The van der Waals surface area contributed by atoms with Gasteiger partial charge >= 0.3 is 0 Å². The van der Waals surface area contributed by atoms with Gasteiger partial charge in [0, 0.05) is 19.0 Å². The SMILES string of the molecule is CCOc1ccc(N(CC(=O)NCCOc2ccc(S(=O)(=O)N(C)C)cc2)S(=O)(=O)c2ccc(SC)cc2)cc1. The Bertz CT molecular complexity index is 1480. The van der Waals surface area contributed by atoms with Crippen molar-refractivity contribution >= 4 is 43.4 Å². The maximum atomic E-state index is 13.6. The third-order valence-corrected chi connectivity index (χ3v) is 10.0. The Hall–Kier alpha value is -3.26. The van der Waals surface area contributed by atoms with E-state index in [1.165, 1.54) is 62.3 Å². The van der Waals surface area contributed by atoms with Crippen LogP contribution in [0.4, 0.5) is 5.69 Å². The van der Waals surface area contributed by atoms with Gasteiger partial charge < -0.3 is 14.8 Å². The summed E-state index contributed by atoms with van der Waals surface area (Å²) in [6.07, 6.45) is 1.90. The molecule has 0 bridgehead atoms. The van der Waals surface area contributed by atoms with Gasteiger partial charge in [0.1, 0.15) is 24.7 Å². The summed E-state index contributed by atoms with van der Waals surface area (Å²) < 4.78 is 64.7. The molecule has 0 radical (unpaired) electrons. The van der Waals surface area contributed by atoms with Gasteiger partial charge in [-0.15, -0.1) is 11.8 Å². The number of carbonyl (C=O) groups excluding carboxylic acids is 1. The molecule has 0 aliphatic carbocycles. The Balaban J connectivity index is 1.67. The van der Waals surface area contributed by atoms with E-state index in [0.29, 0.717) is 23.8 Å². The molecule has 3 rings (SSSR count). The van der Waals surface area contributed by atoms with Crippen LogP contribution >= 0.6 is 11.8 Å². The van der Waals surface area contributed by atoms with E-state index in [1.54, 1.807) is 36.4 Å². The van der Waals surface area contributed by atoms with Gasteiger partial charge in [-0.1, -0.05) is 0 Å². The second-order valence-corrected chi connectivity index (χ2v) is 13.5. The molecule has 40 heavy (non-hydrogen) atoms. The third kappa shape index (κ3) is 7.90. The van der Waals surface area contributed by atoms with Gasteiger partial charge in [0.05, 0.1) is 28.6 Å². The average Bonchev–Trinajstić information content (AvgIpc) is 2.95. The number of hydrogen-bond acceptors (Lipinski definition) is 8. The fraction of sp³-hybridized carbons (Fsp3) is 0.296. The Labute approximate surface area is 240 Å². The van der Waals surface area contributed by atoms with Crippen molar-refractivity contribution in [3.63, 3.8) is 0 Å². The molecule has 0 fully saturated rings. The summed E-state index contributed by atoms with van der Waals surface area (Å²) in [5.74, 6) is 0.496. The minimum Gasteiger partial charge on any atom is -0.494 e. The fourth-order valence-electron chi connectivity index (χ4n) is 3.53. The van der Waals surface area contributed by atoms with Crippen molar-refractivity contribution in [2.75, 3.05) is 51.0 Å². The molecular formula is C27H33N3O7S3. The highest BCUT2D eigenvalue weighted by Gasteiger charge is 2.27. The molecule has 0 saturated carbocycles. The van der Waals surface area contributed by atoms with E-state index in [0.717, 1.165) is 13.5 Å². The molecule has 0 saturated heterocycles. The normalized spacial score (nSPS) is 11.7. The van der Waals surface area contributed by atoms with Crippen molar-refractivity contribution in [3.05, 3.63) is 72.8 Å². The monoisotopic (exact) mass is 607 g/mol. The highest BCUT2D eigenvalue weighted by atomic mass is 32.2. The molecule has 0 spiro atoms. The largest absolute Gasteiger partial charge is 0.494 e. The van der Waals surface area contributed by atoms with E-state index in [1.807, 2.05) is 13.2 Å². The lowest BCUT2D eigenvalue weighted by Crippen LogP contribution is -2.41. The highest BCUT2D eigenvalue weighted by Crippen LogP contribution is 2.27. The van der Waals surface area contributed by atoms with Crippen molar-refractivity contribution < 1.29 is 31.1 Å². The predicted octanol–water partition coefficient (Wildman–Crippen LogP) is 3.45. The standard InChI is InChI=1S/C27H33N3O7S3/c1-5-36-22-8-6-21(7-9-22)30(40(34,35)26-16-12-24(38-4)13-17-26)20-27(31)28-18-19-37-23-10-14-25(15-11-23)39(32,33)29(2)3/h6-17H,5,18-20H2,1-4H3,(H,28,31). The van der Waals surface area contributed by atoms with Crippen LogP contribution in [-0.2, 0) is 24.8 Å². The van der Waals surface area contributed by atoms with Crippen molar-refractivity contribution in [2.24, 2.45) is 0 Å². The van der Waals surface area contributed by atoms with Crippen molar-refractivity contribution in [2.45, 2.75) is 21.6 Å². The third-order valence-electron chi connectivity index (χ3n) is 5.67. The molecule has 0 unspecified atom stereocenters. The number of hydrogen-bond donors (Lipinski definition) is 1. The van der Waals surface area contributed by atoms with E-state index in [2.05, 4.69) is 5.32 Å².